The molecule has 130 valence electrons. The molecule has 0 unspecified atom stereocenters. The van der Waals surface area contributed by atoms with Crippen LogP contribution in [-0.4, -0.2) is 29.8 Å². The van der Waals surface area contributed by atoms with Gasteiger partial charge in [-0.3, -0.25) is 0 Å². The van der Waals surface area contributed by atoms with Crippen LogP contribution in [0.2, 0.25) is 0 Å². The van der Waals surface area contributed by atoms with E-state index in [-0.39, 0.29) is 4.88 Å². The number of ether oxygens (including phenoxy) is 2. The van der Waals surface area contributed by atoms with Crippen LogP contribution in [0.4, 0.5) is 0 Å². The van der Waals surface area contributed by atoms with Crippen molar-refractivity contribution in [3.8, 4) is 22.1 Å². The number of rotatable bonds is 9. The lowest BCUT2D eigenvalue weighted by atomic mass is 10.2. The Balaban J connectivity index is 2.29. The first-order valence-corrected chi connectivity index (χ1v) is 8.91. The van der Waals surface area contributed by atoms with Crippen molar-refractivity contribution in [2.45, 2.75) is 39.5 Å². The van der Waals surface area contributed by atoms with Gasteiger partial charge in [-0.2, -0.15) is 0 Å². The van der Waals surface area contributed by atoms with E-state index >= 15 is 0 Å². The van der Waals surface area contributed by atoms with Crippen molar-refractivity contribution < 1.29 is 19.4 Å². The molecular formula is C18H23NO4S. The second-order valence-corrected chi connectivity index (χ2v) is 6.48. The molecule has 0 aliphatic rings. The molecule has 1 N–H and O–H groups in total. The normalized spacial score (nSPS) is 10.6. The standard InChI is InChI=1S/C18H23NO4S/c1-4-5-6-7-11-23-15-13(9-8-10-14(15)22-3)17-19-12(2)16(24-17)18(20)21/h8-10H,4-7,11H2,1-3H3,(H,20,21). The molecule has 0 saturated heterocycles. The fraction of sp³-hybridized carbons (Fsp3) is 0.444. The van der Waals surface area contributed by atoms with Gasteiger partial charge >= 0.3 is 5.97 Å². The van der Waals surface area contributed by atoms with Crippen molar-refractivity contribution in [2.24, 2.45) is 0 Å². The summed E-state index contributed by atoms with van der Waals surface area (Å²) < 4.78 is 11.4. The van der Waals surface area contributed by atoms with Crippen molar-refractivity contribution in [2.75, 3.05) is 13.7 Å². The van der Waals surface area contributed by atoms with E-state index in [9.17, 15) is 9.90 Å². The summed E-state index contributed by atoms with van der Waals surface area (Å²) in [5.74, 6) is 0.302. The van der Waals surface area contributed by atoms with Gasteiger partial charge in [-0.25, -0.2) is 9.78 Å². The number of carbonyl (C=O) groups is 1. The van der Waals surface area contributed by atoms with Gasteiger partial charge in [0.2, 0.25) is 0 Å². The average molecular weight is 349 g/mol. The molecular weight excluding hydrogens is 326 g/mol. The van der Waals surface area contributed by atoms with Crippen molar-refractivity contribution in [1.82, 2.24) is 4.98 Å². The summed E-state index contributed by atoms with van der Waals surface area (Å²) in [5.41, 5.74) is 1.28. The lowest BCUT2D eigenvalue weighted by molar-refractivity contribution is 0.0701. The van der Waals surface area contributed by atoms with Gasteiger partial charge in [0, 0.05) is 0 Å². The Labute approximate surface area is 146 Å². The lowest BCUT2D eigenvalue weighted by Gasteiger charge is -2.14. The first kappa shape index (κ1) is 18.3. The maximum absolute atomic E-state index is 11.3. The third-order valence-electron chi connectivity index (χ3n) is 3.66. The summed E-state index contributed by atoms with van der Waals surface area (Å²) in [6, 6.07) is 5.58. The Hall–Kier alpha value is -2.08. The third-order valence-corrected chi connectivity index (χ3v) is 4.84. The van der Waals surface area contributed by atoms with Crippen LogP contribution in [-0.2, 0) is 0 Å². The highest BCUT2D eigenvalue weighted by molar-refractivity contribution is 7.17. The molecule has 1 aromatic carbocycles. The zero-order valence-electron chi connectivity index (χ0n) is 14.3. The fourth-order valence-corrected chi connectivity index (χ4v) is 3.33. The summed E-state index contributed by atoms with van der Waals surface area (Å²) in [4.78, 5) is 15.9. The number of methoxy groups -OCH3 is 1. The number of nitrogens with zero attached hydrogens (tertiary/aromatic N) is 1. The summed E-state index contributed by atoms with van der Waals surface area (Å²) in [6.07, 6.45) is 4.47. The smallest absolute Gasteiger partial charge is 0.347 e. The Bertz CT molecular complexity index is 696. The summed E-state index contributed by atoms with van der Waals surface area (Å²) in [5, 5.41) is 9.87. The Kier molecular flexibility index (Phi) is 6.61. The van der Waals surface area contributed by atoms with Gasteiger partial charge in [-0.05, 0) is 25.5 Å². The van der Waals surface area contributed by atoms with E-state index in [1.54, 1.807) is 14.0 Å². The van der Waals surface area contributed by atoms with Crippen LogP contribution in [0.25, 0.3) is 10.6 Å². The molecule has 2 aromatic rings. The number of aromatic carboxylic acids is 1. The number of aromatic nitrogens is 1. The van der Waals surface area contributed by atoms with Crippen molar-refractivity contribution in [3.63, 3.8) is 0 Å². The van der Waals surface area contributed by atoms with Crippen LogP contribution in [0, 0.1) is 6.92 Å². The van der Waals surface area contributed by atoms with Gasteiger partial charge in [-0.1, -0.05) is 32.3 Å². The van der Waals surface area contributed by atoms with Crippen LogP contribution < -0.4 is 9.47 Å². The number of hydrogen-bond donors (Lipinski definition) is 1. The van der Waals surface area contributed by atoms with E-state index in [0.29, 0.717) is 28.8 Å². The maximum atomic E-state index is 11.3. The molecule has 24 heavy (non-hydrogen) atoms. The zero-order chi connectivity index (χ0) is 17.5. The zero-order valence-corrected chi connectivity index (χ0v) is 15.1. The quantitative estimate of drug-likeness (QED) is 0.660. The minimum absolute atomic E-state index is 0.252. The van der Waals surface area contributed by atoms with Crippen LogP contribution in [0.1, 0.15) is 48.0 Å². The highest BCUT2D eigenvalue weighted by atomic mass is 32.1. The SMILES string of the molecule is CCCCCCOc1c(OC)cccc1-c1nc(C)c(C(=O)O)s1. The Morgan fingerprint density at radius 2 is 2.08 bits per heavy atom. The number of hydrogen-bond acceptors (Lipinski definition) is 5. The highest BCUT2D eigenvalue weighted by Gasteiger charge is 2.19. The number of benzene rings is 1. The minimum atomic E-state index is -0.957. The van der Waals surface area contributed by atoms with Gasteiger partial charge in [0.15, 0.2) is 11.5 Å². The first-order valence-electron chi connectivity index (χ1n) is 8.09. The monoisotopic (exact) mass is 349 g/mol. The van der Waals surface area contributed by atoms with Crippen LogP contribution in [0.15, 0.2) is 18.2 Å². The lowest BCUT2D eigenvalue weighted by Crippen LogP contribution is -2.01. The van der Waals surface area contributed by atoms with Gasteiger partial charge in [0.05, 0.1) is 25.0 Å². The van der Waals surface area contributed by atoms with Crippen molar-refractivity contribution in [3.05, 3.63) is 28.8 Å². The maximum Gasteiger partial charge on any atom is 0.347 e. The number of carboxylic acid groups (broad SMARTS) is 1. The number of carboxylic acids is 1. The van der Waals surface area contributed by atoms with Gasteiger partial charge < -0.3 is 14.6 Å². The van der Waals surface area contributed by atoms with Gasteiger partial charge in [-0.15, -0.1) is 11.3 Å². The molecule has 0 saturated carbocycles. The second kappa shape index (κ2) is 8.68. The van der Waals surface area contributed by atoms with Crippen LogP contribution in [0.5, 0.6) is 11.5 Å². The molecule has 1 heterocycles. The Morgan fingerprint density at radius 1 is 1.29 bits per heavy atom. The fourth-order valence-electron chi connectivity index (χ4n) is 2.41. The molecule has 0 radical (unpaired) electrons. The van der Waals surface area contributed by atoms with Crippen molar-refractivity contribution in [1.29, 1.82) is 0 Å². The molecule has 1 aromatic heterocycles. The third kappa shape index (κ3) is 4.26. The first-order chi connectivity index (χ1) is 11.6. The predicted octanol–water partition coefficient (Wildman–Crippen LogP) is 4.78. The van der Waals surface area contributed by atoms with E-state index in [4.69, 9.17) is 9.47 Å². The molecule has 0 bridgehead atoms. The minimum Gasteiger partial charge on any atom is -0.493 e. The molecule has 0 aliphatic heterocycles. The summed E-state index contributed by atoms with van der Waals surface area (Å²) >= 11 is 1.16. The number of aryl methyl sites for hydroxylation is 1. The van der Waals surface area contributed by atoms with E-state index in [0.717, 1.165) is 29.7 Å². The largest absolute Gasteiger partial charge is 0.493 e. The molecule has 5 nitrogen and oxygen atoms in total. The van der Waals surface area contributed by atoms with Gasteiger partial charge in [0.25, 0.3) is 0 Å². The van der Waals surface area contributed by atoms with E-state index in [1.165, 1.54) is 12.8 Å². The molecule has 2 rings (SSSR count). The Morgan fingerprint density at radius 3 is 2.71 bits per heavy atom. The highest BCUT2D eigenvalue weighted by Crippen LogP contribution is 2.40. The summed E-state index contributed by atoms with van der Waals surface area (Å²) in [6.45, 7) is 4.47. The van der Waals surface area contributed by atoms with Crippen LogP contribution >= 0.6 is 11.3 Å². The molecule has 0 fully saturated rings. The number of para-hydroxylation sites is 1. The molecule has 0 spiro atoms. The number of unbranched alkanes of at least 4 members (excludes halogenated alkanes) is 3. The predicted molar refractivity (Wildman–Crippen MR) is 95.4 cm³/mol. The molecule has 0 atom stereocenters. The topological polar surface area (TPSA) is 68.7 Å². The number of thiazole rings is 1. The second-order valence-electron chi connectivity index (χ2n) is 5.48. The van der Waals surface area contributed by atoms with E-state index < -0.39 is 5.97 Å². The molecule has 0 aliphatic carbocycles. The van der Waals surface area contributed by atoms with E-state index in [2.05, 4.69) is 11.9 Å². The van der Waals surface area contributed by atoms with Crippen LogP contribution in [0.3, 0.4) is 0 Å². The summed E-state index contributed by atoms with van der Waals surface area (Å²) in [7, 11) is 1.60. The molecule has 0 amide bonds. The van der Waals surface area contributed by atoms with Crippen molar-refractivity contribution >= 4 is 17.3 Å². The molecule has 6 heteroatoms. The van der Waals surface area contributed by atoms with E-state index in [1.807, 2.05) is 18.2 Å². The average Bonchev–Trinajstić information content (AvgIpc) is 2.96. The van der Waals surface area contributed by atoms with Gasteiger partial charge in [0.1, 0.15) is 9.88 Å².